The molecule has 0 spiro atoms. The molecule has 9 heteroatoms. The van der Waals surface area contributed by atoms with Crippen LogP contribution in [0.1, 0.15) is 35.0 Å². The minimum atomic E-state index is -4.40. The molecule has 1 saturated heterocycles. The number of hydrogen-bond donors (Lipinski definition) is 0. The predicted molar refractivity (Wildman–Crippen MR) is 94.6 cm³/mol. The Hall–Kier alpha value is -2.42. The van der Waals surface area contributed by atoms with Crippen LogP contribution in [0, 0.1) is 0 Å². The summed E-state index contributed by atoms with van der Waals surface area (Å²) < 4.78 is 39.9. The molecular weight excluding hydrogens is 377 g/mol. The van der Waals surface area contributed by atoms with Gasteiger partial charge in [-0.05, 0) is 25.0 Å². The lowest BCUT2D eigenvalue weighted by molar-refractivity contribution is -0.140. The fraction of sp³-hybridized carbons (Fsp3) is 0.389. The lowest BCUT2D eigenvalue weighted by atomic mass is 9.97. The number of pyridine rings is 1. The normalized spacial score (nSPS) is 16.2. The summed E-state index contributed by atoms with van der Waals surface area (Å²) in [6, 6.07) is 5.70. The molecule has 4 heterocycles. The number of fused-ring (bicyclic) bond motifs is 1. The Labute approximate surface area is 157 Å². The van der Waals surface area contributed by atoms with Crippen LogP contribution >= 0.6 is 11.3 Å². The topological polar surface area (TPSA) is 50.5 Å². The molecular formula is C18H17F3N4OS. The number of amides is 1. The van der Waals surface area contributed by atoms with E-state index in [1.165, 1.54) is 0 Å². The highest BCUT2D eigenvalue weighted by Gasteiger charge is 2.35. The number of carbonyl (C=O) groups excluding carboxylic acids is 1. The van der Waals surface area contributed by atoms with Crippen LogP contribution in [0.25, 0.3) is 5.52 Å². The summed E-state index contributed by atoms with van der Waals surface area (Å²) in [6.45, 7) is 1.06. The zero-order chi connectivity index (χ0) is 19.0. The molecule has 1 aliphatic heterocycles. The SMILES string of the molecule is O=C(Cc1cnn2ccccc12)N1CCC(c2nc(C(F)(F)F)cs2)CC1. The maximum atomic E-state index is 12.7. The standard InChI is InChI=1S/C18H17F3N4OS/c19-18(20,21)15-11-27-17(23-15)12-4-7-24(8-5-12)16(26)9-13-10-22-25-6-2-1-3-14(13)25/h1-3,6,10-12H,4-5,7-9H2. The van der Waals surface area contributed by atoms with Crippen LogP contribution in [0.2, 0.25) is 0 Å². The lowest BCUT2D eigenvalue weighted by Crippen LogP contribution is -2.38. The van der Waals surface area contributed by atoms with Gasteiger partial charge < -0.3 is 4.90 Å². The number of aromatic nitrogens is 3. The number of likely N-dealkylation sites (tertiary alicyclic amines) is 1. The van der Waals surface area contributed by atoms with E-state index in [2.05, 4.69) is 10.1 Å². The van der Waals surface area contributed by atoms with Gasteiger partial charge in [-0.2, -0.15) is 18.3 Å². The molecule has 0 saturated carbocycles. The number of piperidine rings is 1. The number of halogens is 3. The van der Waals surface area contributed by atoms with Crippen LogP contribution < -0.4 is 0 Å². The summed E-state index contributed by atoms with van der Waals surface area (Å²) in [5, 5.41) is 5.82. The Balaban J connectivity index is 1.37. The van der Waals surface area contributed by atoms with Crippen LogP contribution in [-0.4, -0.2) is 38.5 Å². The Kier molecular flexibility index (Phi) is 4.63. The van der Waals surface area contributed by atoms with Crippen molar-refractivity contribution in [3.63, 3.8) is 0 Å². The van der Waals surface area contributed by atoms with Gasteiger partial charge in [-0.1, -0.05) is 6.07 Å². The number of rotatable bonds is 3. The Morgan fingerprint density at radius 1 is 1.26 bits per heavy atom. The second-order valence-electron chi connectivity index (χ2n) is 6.60. The summed E-state index contributed by atoms with van der Waals surface area (Å²) in [4.78, 5) is 18.1. The molecule has 3 aromatic rings. The molecule has 0 atom stereocenters. The largest absolute Gasteiger partial charge is 0.434 e. The zero-order valence-corrected chi connectivity index (χ0v) is 15.1. The van der Waals surface area contributed by atoms with Gasteiger partial charge in [0, 0.05) is 36.1 Å². The molecule has 1 fully saturated rings. The first-order chi connectivity index (χ1) is 12.9. The molecule has 0 aromatic carbocycles. The highest BCUT2D eigenvalue weighted by molar-refractivity contribution is 7.09. The van der Waals surface area contributed by atoms with Gasteiger partial charge in [0.05, 0.1) is 23.1 Å². The average Bonchev–Trinajstić information content (AvgIpc) is 3.30. The third-order valence-corrected chi connectivity index (χ3v) is 5.86. The van der Waals surface area contributed by atoms with Gasteiger partial charge in [0.25, 0.3) is 0 Å². The molecule has 4 rings (SSSR count). The van der Waals surface area contributed by atoms with Crippen LogP contribution in [0.5, 0.6) is 0 Å². The van der Waals surface area contributed by atoms with Crippen molar-refractivity contribution in [2.75, 3.05) is 13.1 Å². The van der Waals surface area contributed by atoms with Gasteiger partial charge in [0.1, 0.15) is 0 Å². The first kappa shape index (κ1) is 18.0. The molecule has 0 bridgehead atoms. The minimum Gasteiger partial charge on any atom is -0.342 e. The monoisotopic (exact) mass is 394 g/mol. The average molecular weight is 394 g/mol. The first-order valence-corrected chi connectivity index (χ1v) is 9.51. The van der Waals surface area contributed by atoms with Crippen molar-refractivity contribution >= 4 is 22.8 Å². The van der Waals surface area contributed by atoms with Crippen molar-refractivity contribution in [2.45, 2.75) is 31.4 Å². The van der Waals surface area contributed by atoms with Crippen molar-refractivity contribution in [2.24, 2.45) is 0 Å². The predicted octanol–water partition coefficient (Wildman–Crippen LogP) is 3.76. The molecule has 1 aliphatic rings. The first-order valence-electron chi connectivity index (χ1n) is 8.63. The minimum absolute atomic E-state index is 0.0160. The van der Waals surface area contributed by atoms with Crippen molar-refractivity contribution in [3.8, 4) is 0 Å². The second-order valence-corrected chi connectivity index (χ2v) is 7.49. The van der Waals surface area contributed by atoms with E-state index in [0.29, 0.717) is 30.9 Å². The zero-order valence-electron chi connectivity index (χ0n) is 14.3. The number of alkyl halides is 3. The molecule has 27 heavy (non-hydrogen) atoms. The van der Waals surface area contributed by atoms with Crippen LogP contribution in [-0.2, 0) is 17.4 Å². The third-order valence-electron chi connectivity index (χ3n) is 4.86. The van der Waals surface area contributed by atoms with E-state index < -0.39 is 11.9 Å². The van der Waals surface area contributed by atoms with Crippen LogP contribution in [0.3, 0.4) is 0 Å². The lowest BCUT2D eigenvalue weighted by Gasteiger charge is -2.31. The smallest absolute Gasteiger partial charge is 0.342 e. The van der Waals surface area contributed by atoms with Crippen molar-refractivity contribution in [3.05, 3.63) is 52.2 Å². The fourth-order valence-electron chi connectivity index (χ4n) is 3.38. The molecule has 0 N–H and O–H groups in total. The van der Waals surface area contributed by atoms with E-state index in [9.17, 15) is 18.0 Å². The van der Waals surface area contributed by atoms with E-state index >= 15 is 0 Å². The van der Waals surface area contributed by atoms with E-state index in [1.807, 2.05) is 24.4 Å². The van der Waals surface area contributed by atoms with Gasteiger partial charge >= 0.3 is 6.18 Å². The molecule has 1 amide bonds. The number of thiazole rings is 1. The van der Waals surface area contributed by atoms with Gasteiger partial charge in [-0.15, -0.1) is 11.3 Å². The van der Waals surface area contributed by atoms with E-state index in [-0.39, 0.29) is 18.2 Å². The fourth-order valence-corrected chi connectivity index (χ4v) is 4.38. The molecule has 5 nitrogen and oxygen atoms in total. The quantitative estimate of drug-likeness (QED) is 0.680. The Bertz CT molecular complexity index is 957. The van der Waals surface area contributed by atoms with Gasteiger partial charge in [-0.3, -0.25) is 4.79 Å². The van der Waals surface area contributed by atoms with Crippen molar-refractivity contribution < 1.29 is 18.0 Å². The second kappa shape index (κ2) is 6.95. The molecule has 0 radical (unpaired) electrons. The summed E-state index contributed by atoms with van der Waals surface area (Å²) in [5.74, 6) is -0.00514. The highest BCUT2D eigenvalue weighted by atomic mass is 32.1. The maximum absolute atomic E-state index is 12.7. The summed E-state index contributed by atoms with van der Waals surface area (Å²) in [7, 11) is 0. The number of hydrogen-bond acceptors (Lipinski definition) is 4. The highest BCUT2D eigenvalue weighted by Crippen LogP contribution is 2.35. The van der Waals surface area contributed by atoms with E-state index in [1.54, 1.807) is 15.6 Å². The number of carbonyl (C=O) groups is 1. The maximum Gasteiger partial charge on any atom is 0.434 e. The van der Waals surface area contributed by atoms with Crippen LogP contribution in [0.4, 0.5) is 13.2 Å². The third kappa shape index (κ3) is 3.69. The van der Waals surface area contributed by atoms with Crippen LogP contribution in [0.15, 0.2) is 36.0 Å². The number of nitrogens with zero attached hydrogens (tertiary/aromatic N) is 4. The Morgan fingerprint density at radius 2 is 2.04 bits per heavy atom. The molecule has 0 aliphatic carbocycles. The summed E-state index contributed by atoms with van der Waals surface area (Å²) >= 11 is 1.05. The molecule has 142 valence electrons. The van der Waals surface area contributed by atoms with Gasteiger partial charge in [0.2, 0.25) is 5.91 Å². The van der Waals surface area contributed by atoms with Crippen molar-refractivity contribution in [1.82, 2.24) is 19.5 Å². The van der Waals surface area contributed by atoms with Gasteiger partial charge in [0.15, 0.2) is 5.69 Å². The van der Waals surface area contributed by atoms with E-state index in [4.69, 9.17) is 0 Å². The Morgan fingerprint density at radius 3 is 2.74 bits per heavy atom. The van der Waals surface area contributed by atoms with E-state index in [0.717, 1.165) is 27.8 Å². The summed E-state index contributed by atoms with van der Waals surface area (Å²) in [6.07, 6.45) is 0.663. The van der Waals surface area contributed by atoms with Gasteiger partial charge in [-0.25, -0.2) is 9.50 Å². The molecule has 3 aromatic heterocycles. The summed E-state index contributed by atoms with van der Waals surface area (Å²) in [5.41, 5.74) is 0.953. The molecule has 0 unspecified atom stereocenters. The van der Waals surface area contributed by atoms with Crippen molar-refractivity contribution in [1.29, 1.82) is 0 Å².